The molecule has 0 aliphatic rings. The highest BCUT2D eigenvalue weighted by atomic mass is 35.5. The van der Waals surface area contributed by atoms with Gasteiger partial charge in [-0.15, -0.1) is 0 Å². The number of rotatable bonds is 2. The molecule has 0 bridgehead atoms. The van der Waals surface area contributed by atoms with E-state index in [0.29, 0.717) is 9.79 Å². The fourth-order valence-corrected chi connectivity index (χ4v) is 2.94. The van der Waals surface area contributed by atoms with Gasteiger partial charge in [-0.05, 0) is 42.9 Å². The van der Waals surface area contributed by atoms with Crippen molar-refractivity contribution in [3.05, 3.63) is 51.8 Å². The van der Waals surface area contributed by atoms with Crippen molar-refractivity contribution in [2.75, 3.05) is 7.11 Å². The van der Waals surface area contributed by atoms with E-state index in [-0.39, 0.29) is 0 Å². The highest BCUT2D eigenvalue weighted by molar-refractivity contribution is 7.71. The summed E-state index contributed by atoms with van der Waals surface area (Å²) in [5.74, 6) is 0.782. The fourth-order valence-electron chi connectivity index (χ4n) is 2.34. The second-order valence-corrected chi connectivity index (χ2v) is 5.35. The van der Waals surface area contributed by atoms with Gasteiger partial charge in [0.15, 0.2) is 4.77 Å². The maximum absolute atomic E-state index is 6.35. The van der Waals surface area contributed by atoms with Gasteiger partial charge in [0.1, 0.15) is 5.75 Å². The van der Waals surface area contributed by atoms with E-state index in [4.69, 9.17) is 28.6 Å². The molecule has 5 heteroatoms. The van der Waals surface area contributed by atoms with Gasteiger partial charge in [-0.25, -0.2) is 0 Å². The van der Waals surface area contributed by atoms with Crippen molar-refractivity contribution in [3.8, 4) is 11.4 Å². The Morgan fingerprint density at radius 2 is 2.05 bits per heavy atom. The van der Waals surface area contributed by atoms with Gasteiger partial charge in [-0.2, -0.15) is 0 Å². The number of ether oxygens (including phenoxy) is 1. The minimum atomic E-state index is 0.615. The molecule has 0 aliphatic carbocycles. The van der Waals surface area contributed by atoms with Crippen molar-refractivity contribution in [2.24, 2.45) is 0 Å². The lowest BCUT2D eigenvalue weighted by molar-refractivity contribution is 0.415. The summed E-state index contributed by atoms with van der Waals surface area (Å²) in [6.07, 6.45) is 0. The number of benzene rings is 2. The zero-order valence-corrected chi connectivity index (χ0v) is 12.7. The van der Waals surface area contributed by atoms with Crippen molar-refractivity contribution in [2.45, 2.75) is 6.92 Å². The van der Waals surface area contributed by atoms with Gasteiger partial charge in [-0.1, -0.05) is 23.7 Å². The predicted octanol–water partition coefficient (Wildman–Crippen LogP) is 4.66. The Hall–Kier alpha value is -1.78. The second-order valence-electron chi connectivity index (χ2n) is 4.55. The molecule has 3 rings (SSSR count). The molecular weight excluding hydrogens is 292 g/mol. The molecular formula is C15H13ClN2OS. The van der Waals surface area contributed by atoms with Crippen LogP contribution in [0.15, 0.2) is 36.4 Å². The maximum atomic E-state index is 6.35. The largest absolute Gasteiger partial charge is 0.497 e. The van der Waals surface area contributed by atoms with Crippen LogP contribution in [-0.2, 0) is 0 Å². The van der Waals surface area contributed by atoms with Gasteiger partial charge in [0.25, 0.3) is 0 Å². The van der Waals surface area contributed by atoms with Gasteiger partial charge in [0.2, 0.25) is 0 Å². The van der Waals surface area contributed by atoms with Crippen molar-refractivity contribution in [3.63, 3.8) is 0 Å². The molecule has 0 spiro atoms. The van der Waals surface area contributed by atoms with Crippen LogP contribution in [-0.4, -0.2) is 16.7 Å². The minimum Gasteiger partial charge on any atom is -0.497 e. The van der Waals surface area contributed by atoms with Crippen LogP contribution in [0.2, 0.25) is 5.02 Å². The van der Waals surface area contributed by atoms with Gasteiger partial charge in [0, 0.05) is 6.07 Å². The quantitative estimate of drug-likeness (QED) is 0.698. The summed E-state index contributed by atoms with van der Waals surface area (Å²) in [4.78, 5) is 3.19. The van der Waals surface area contributed by atoms with E-state index in [1.807, 2.05) is 47.9 Å². The Morgan fingerprint density at radius 3 is 2.75 bits per heavy atom. The molecule has 3 aromatic rings. The fraction of sp³-hybridized carbons (Fsp3) is 0.133. The van der Waals surface area contributed by atoms with Gasteiger partial charge >= 0.3 is 0 Å². The Bertz CT molecular complexity index is 830. The molecule has 0 atom stereocenters. The van der Waals surface area contributed by atoms with Gasteiger partial charge in [0.05, 0.1) is 28.9 Å². The van der Waals surface area contributed by atoms with Crippen molar-refractivity contribution in [1.82, 2.24) is 9.55 Å². The molecule has 20 heavy (non-hydrogen) atoms. The molecule has 0 fully saturated rings. The molecule has 102 valence electrons. The summed E-state index contributed by atoms with van der Waals surface area (Å²) < 4.78 is 7.85. The average Bonchev–Trinajstić information content (AvgIpc) is 2.74. The minimum absolute atomic E-state index is 0.615. The van der Waals surface area contributed by atoms with Crippen LogP contribution in [0, 0.1) is 11.7 Å². The molecule has 0 aliphatic heterocycles. The Morgan fingerprint density at radius 1 is 1.25 bits per heavy atom. The van der Waals surface area contributed by atoms with Crippen LogP contribution < -0.4 is 4.74 Å². The molecule has 1 N–H and O–H groups in total. The number of methoxy groups -OCH3 is 1. The second kappa shape index (κ2) is 4.96. The highest BCUT2D eigenvalue weighted by Gasteiger charge is 2.12. The summed E-state index contributed by atoms with van der Waals surface area (Å²) >= 11 is 11.8. The Kier molecular flexibility index (Phi) is 3.28. The van der Waals surface area contributed by atoms with Crippen LogP contribution in [0.25, 0.3) is 16.7 Å². The monoisotopic (exact) mass is 304 g/mol. The van der Waals surface area contributed by atoms with Crippen LogP contribution in [0.5, 0.6) is 5.75 Å². The first kappa shape index (κ1) is 13.2. The molecule has 0 amide bonds. The van der Waals surface area contributed by atoms with E-state index in [1.54, 1.807) is 7.11 Å². The van der Waals surface area contributed by atoms with Crippen molar-refractivity contribution in [1.29, 1.82) is 0 Å². The number of H-pyrrole nitrogens is 1. The van der Waals surface area contributed by atoms with Gasteiger partial charge in [-0.3, -0.25) is 4.57 Å². The highest BCUT2D eigenvalue weighted by Crippen LogP contribution is 2.29. The Balaban J connectivity index is 2.41. The number of nitrogens with zero attached hydrogens (tertiary/aromatic N) is 1. The third-order valence-corrected chi connectivity index (χ3v) is 3.89. The standard InChI is InChI=1S/C15H13ClN2OS/c1-9-4-3-5-11(16)14(9)18-13-8-10(19-2)6-7-12(13)17-15(18)20/h3-8H,1-2H3,(H,17,20). The number of aromatic amines is 1. The number of nitrogens with one attached hydrogen (secondary N) is 1. The maximum Gasteiger partial charge on any atom is 0.182 e. The van der Waals surface area contributed by atoms with Crippen molar-refractivity contribution < 1.29 is 4.74 Å². The van der Waals surface area contributed by atoms with E-state index in [9.17, 15) is 0 Å². The first-order valence-corrected chi connectivity index (χ1v) is 6.94. The third kappa shape index (κ3) is 2.01. The summed E-state index contributed by atoms with van der Waals surface area (Å²) in [5, 5.41) is 0.671. The summed E-state index contributed by atoms with van der Waals surface area (Å²) in [6, 6.07) is 11.6. The molecule has 2 aromatic carbocycles. The predicted molar refractivity (Wildman–Crippen MR) is 84.8 cm³/mol. The topological polar surface area (TPSA) is 29.9 Å². The zero-order chi connectivity index (χ0) is 14.3. The lowest BCUT2D eigenvalue weighted by Crippen LogP contribution is -1.98. The van der Waals surface area contributed by atoms with E-state index in [0.717, 1.165) is 28.0 Å². The van der Waals surface area contributed by atoms with Crippen LogP contribution in [0.3, 0.4) is 0 Å². The number of halogens is 1. The molecule has 1 aromatic heterocycles. The molecule has 0 radical (unpaired) electrons. The van der Waals surface area contributed by atoms with E-state index in [2.05, 4.69) is 4.98 Å². The van der Waals surface area contributed by atoms with E-state index < -0.39 is 0 Å². The van der Waals surface area contributed by atoms with E-state index in [1.165, 1.54) is 0 Å². The normalized spacial score (nSPS) is 10.9. The summed E-state index contributed by atoms with van der Waals surface area (Å²) in [7, 11) is 1.65. The SMILES string of the molecule is COc1ccc2[nH]c(=S)n(-c3c(C)cccc3Cl)c2c1. The first-order chi connectivity index (χ1) is 9.61. The number of hydrogen-bond donors (Lipinski definition) is 1. The van der Waals surface area contributed by atoms with Crippen LogP contribution in [0.1, 0.15) is 5.56 Å². The van der Waals surface area contributed by atoms with Crippen LogP contribution in [0.4, 0.5) is 0 Å². The molecule has 0 saturated heterocycles. The molecule has 3 nitrogen and oxygen atoms in total. The van der Waals surface area contributed by atoms with Crippen LogP contribution >= 0.6 is 23.8 Å². The average molecular weight is 305 g/mol. The molecule has 0 unspecified atom stereocenters. The first-order valence-electron chi connectivity index (χ1n) is 6.16. The lowest BCUT2D eigenvalue weighted by atomic mass is 10.2. The lowest BCUT2D eigenvalue weighted by Gasteiger charge is -2.11. The van der Waals surface area contributed by atoms with Crippen molar-refractivity contribution >= 4 is 34.9 Å². The summed E-state index contributed by atoms with van der Waals surface area (Å²) in [6.45, 7) is 2.02. The number of aromatic nitrogens is 2. The zero-order valence-electron chi connectivity index (χ0n) is 11.1. The third-order valence-electron chi connectivity index (χ3n) is 3.30. The molecule has 1 heterocycles. The number of aryl methyl sites for hydroxylation is 1. The summed E-state index contributed by atoms with van der Waals surface area (Å²) in [5.41, 5.74) is 3.87. The molecule has 0 saturated carbocycles. The number of imidazole rings is 1. The van der Waals surface area contributed by atoms with Gasteiger partial charge < -0.3 is 9.72 Å². The number of para-hydroxylation sites is 1. The van der Waals surface area contributed by atoms with E-state index >= 15 is 0 Å². The number of hydrogen-bond acceptors (Lipinski definition) is 2. The Labute approximate surface area is 126 Å². The number of fused-ring (bicyclic) bond motifs is 1. The smallest absolute Gasteiger partial charge is 0.182 e.